The van der Waals surface area contributed by atoms with E-state index in [1.807, 2.05) is 27.7 Å². The normalized spacial score (nSPS) is 13.6. The monoisotopic (exact) mass is 760 g/mol. The first-order valence-electron chi connectivity index (χ1n) is 13.9. The van der Waals surface area contributed by atoms with Gasteiger partial charge in [-0.15, -0.1) is 0 Å². The summed E-state index contributed by atoms with van der Waals surface area (Å²) < 4.78 is 24.0. The second-order valence-corrected chi connectivity index (χ2v) is 12.8. The van der Waals surface area contributed by atoms with Crippen molar-refractivity contribution in [2.45, 2.75) is 52.6 Å². The van der Waals surface area contributed by atoms with Gasteiger partial charge in [0.2, 0.25) is 11.8 Å². The minimum absolute atomic E-state index is 0.210. The van der Waals surface area contributed by atoms with Gasteiger partial charge >= 0.3 is 20.3 Å². The Kier molecular flexibility index (Phi) is 16.4. The molecule has 242 valence electrons. The summed E-state index contributed by atoms with van der Waals surface area (Å²) in [5.74, 6) is -1.48. The van der Waals surface area contributed by atoms with E-state index in [1.165, 1.54) is 0 Å². The van der Waals surface area contributed by atoms with Gasteiger partial charge in [0.1, 0.15) is 25.5 Å². The molecule has 0 heterocycles. The van der Waals surface area contributed by atoms with E-state index in [0.717, 1.165) is 8.95 Å². The minimum atomic E-state index is -3.10. The van der Waals surface area contributed by atoms with Crippen LogP contribution in [0, 0.1) is 11.8 Å². The highest BCUT2D eigenvalue weighted by Crippen LogP contribution is 2.22. The first-order valence-corrected chi connectivity index (χ1v) is 16.8. The summed E-state index contributed by atoms with van der Waals surface area (Å²) in [6.07, 6.45) is 1.21. The predicted molar refractivity (Wildman–Crippen MR) is 176 cm³/mol. The van der Waals surface area contributed by atoms with Crippen molar-refractivity contribution in [3.05, 3.63) is 57.5 Å². The van der Waals surface area contributed by atoms with Crippen LogP contribution >= 0.6 is 40.1 Å². The zero-order chi connectivity index (χ0) is 32.6. The Balaban J connectivity index is 1.78. The Hall–Kier alpha value is -2.97. The molecule has 2 rings (SSSR count). The number of nitrogens with one attached hydrogen (secondary N) is 6. The fraction of sp³-hybridized carbons (Fsp3) is 0.429. The van der Waals surface area contributed by atoms with Gasteiger partial charge in [0.05, 0.1) is 0 Å². The van der Waals surface area contributed by atoms with Crippen LogP contribution in [-0.4, -0.2) is 49.4 Å². The zero-order valence-electron chi connectivity index (χ0n) is 24.9. The molecule has 0 aliphatic heterocycles. The highest BCUT2D eigenvalue weighted by atomic mass is 79.9. The van der Waals surface area contributed by atoms with Crippen molar-refractivity contribution >= 4 is 75.4 Å². The topological polar surface area (TPSA) is 176 Å². The molecular formula is C28H39Br2N6O7P. The number of carbonyl (C=O) groups is 4. The fourth-order valence-corrected chi connectivity index (χ4v) is 4.67. The first-order chi connectivity index (χ1) is 20.9. The third-order valence-electron chi connectivity index (χ3n) is 6.64. The maximum Gasteiger partial charge on any atom is 0.322 e. The molecule has 0 aliphatic carbocycles. The van der Waals surface area contributed by atoms with E-state index in [-0.39, 0.29) is 11.8 Å². The number of rotatable bonds is 16. The Morgan fingerprint density at radius 1 is 0.682 bits per heavy atom. The van der Waals surface area contributed by atoms with Crippen LogP contribution < -0.4 is 31.9 Å². The number of hydrogen-bond acceptors (Lipinski definition) is 7. The van der Waals surface area contributed by atoms with Crippen molar-refractivity contribution in [1.82, 2.24) is 21.3 Å². The average Bonchev–Trinajstić information content (AvgIpc) is 3.00. The minimum Gasteiger partial charge on any atom is -0.331 e. The predicted octanol–water partition coefficient (Wildman–Crippen LogP) is 5.55. The summed E-state index contributed by atoms with van der Waals surface area (Å²) in [7, 11) is -3.10. The smallest absolute Gasteiger partial charge is 0.322 e. The molecule has 0 bridgehead atoms. The first kappa shape index (κ1) is 37.2. The second kappa shape index (κ2) is 19.4. The van der Waals surface area contributed by atoms with E-state index in [0.29, 0.717) is 24.2 Å². The number of halogens is 2. The van der Waals surface area contributed by atoms with Crippen LogP contribution in [0.2, 0.25) is 0 Å². The number of anilines is 2. The zero-order valence-corrected chi connectivity index (χ0v) is 29.0. The number of urea groups is 2. The van der Waals surface area contributed by atoms with Gasteiger partial charge in [-0.3, -0.25) is 23.2 Å². The lowest BCUT2D eigenvalue weighted by Crippen LogP contribution is -2.51. The van der Waals surface area contributed by atoms with E-state index in [1.54, 1.807) is 48.5 Å². The van der Waals surface area contributed by atoms with Crippen molar-refractivity contribution in [3.63, 3.8) is 0 Å². The lowest BCUT2D eigenvalue weighted by atomic mass is 9.98. The van der Waals surface area contributed by atoms with Gasteiger partial charge in [0.15, 0.2) is 0 Å². The van der Waals surface area contributed by atoms with Crippen LogP contribution in [-0.2, 0) is 23.2 Å². The van der Waals surface area contributed by atoms with E-state index >= 15 is 0 Å². The molecule has 2 aromatic carbocycles. The van der Waals surface area contributed by atoms with E-state index in [9.17, 15) is 23.7 Å². The maximum absolute atomic E-state index is 12.8. The molecule has 0 unspecified atom stereocenters. The summed E-state index contributed by atoms with van der Waals surface area (Å²) in [5, 5.41) is 15.6. The summed E-state index contributed by atoms with van der Waals surface area (Å²) in [6.45, 7) is 6.50. The standard InChI is InChI=1S/C28H39Br2N6O7P/c1-5-17(3)23(35-27(39)33-21-11-7-19(29)8-12-21)25(37)31-15-42-44(41)43-16-32-26(38)24(18(4)6-2)36-28(40)34-22-13-9-20(30)10-14-22/h7-14,17-18,23-24,44H,5-6,15-16H2,1-4H3,(H,31,37)(H,32,38)(H2,33,35,39)(H2,34,36,40)/t17-,18-,23-,24-/m0/s1. The lowest BCUT2D eigenvalue weighted by Gasteiger charge is -2.24. The molecule has 16 heteroatoms. The third kappa shape index (κ3) is 13.3. The molecule has 2 aromatic rings. The summed E-state index contributed by atoms with van der Waals surface area (Å²) in [5.41, 5.74) is 1.10. The van der Waals surface area contributed by atoms with Crippen molar-refractivity contribution in [1.29, 1.82) is 0 Å². The molecule has 44 heavy (non-hydrogen) atoms. The molecule has 6 amide bonds. The summed E-state index contributed by atoms with van der Waals surface area (Å²) >= 11 is 6.66. The largest absolute Gasteiger partial charge is 0.331 e. The molecular weight excluding hydrogens is 723 g/mol. The van der Waals surface area contributed by atoms with Crippen LogP contribution in [0.1, 0.15) is 40.5 Å². The molecule has 0 saturated carbocycles. The van der Waals surface area contributed by atoms with Crippen molar-refractivity contribution in [3.8, 4) is 0 Å². The van der Waals surface area contributed by atoms with Gasteiger partial charge in [0, 0.05) is 20.3 Å². The Bertz CT molecular complexity index is 1170. The van der Waals surface area contributed by atoms with Gasteiger partial charge in [-0.05, 0) is 60.4 Å². The number of carbonyl (C=O) groups excluding carboxylic acids is 4. The molecule has 0 spiro atoms. The third-order valence-corrected chi connectivity index (χ3v) is 8.46. The van der Waals surface area contributed by atoms with E-state index < -0.39 is 57.7 Å². The van der Waals surface area contributed by atoms with E-state index in [2.05, 4.69) is 63.8 Å². The average molecular weight is 762 g/mol. The SMILES string of the molecule is CC[C@H](C)[C@H](NC(=O)Nc1ccc(Br)cc1)C(=O)NCO[PH](=O)OCNC(=O)[C@@H](NC(=O)Nc1ccc(Br)cc1)[C@@H](C)CC. The van der Waals surface area contributed by atoms with Gasteiger partial charge in [-0.2, -0.15) is 0 Å². The Labute approximate surface area is 274 Å². The highest BCUT2D eigenvalue weighted by molar-refractivity contribution is 9.10. The molecule has 13 nitrogen and oxygen atoms in total. The molecule has 4 atom stereocenters. The molecule has 0 aliphatic rings. The lowest BCUT2D eigenvalue weighted by molar-refractivity contribution is -0.125. The van der Waals surface area contributed by atoms with E-state index in [4.69, 9.17) is 9.05 Å². The van der Waals surface area contributed by atoms with Crippen LogP contribution in [0.5, 0.6) is 0 Å². The summed E-state index contributed by atoms with van der Waals surface area (Å²) in [6, 6.07) is 11.0. The molecule has 0 saturated heterocycles. The fourth-order valence-electron chi connectivity index (χ4n) is 3.68. The Morgan fingerprint density at radius 3 is 1.34 bits per heavy atom. The van der Waals surface area contributed by atoms with Crippen molar-refractivity contribution < 1.29 is 32.8 Å². The Morgan fingerprint density at radius 2 is 1.02 bits per heavy atom. The maximum atomic E-state index is 12.8. The van der Waals surface area contributed by atoms with Crippen LogP contribution in [0.3, 0.4) is 0 Å². The molecule has 0 radical (unpaired) electrons. The second-order valence-electron chi connectivity index (χ2n) is 9.85. The molecule has 0 aromatic heterocycles. The van der Waals surface area contributed by atoms with Gasteiger partial charge in [-0.1, -0.05) is 72.4 Å². The van der Waals surface area contributed by atoms with Crippen LogP contribution in [0.4, 0.5) is 21.0 Å². The summed E-state index contributed by atoms with van der Waals surface area (Å²) in [4.78, 5) is 50.5. The van der Waals surface area contributed by atoms with Gasteiger partial charge in [0.25, 0.3) is 0 Å². The quantitative estimate of drug-likeness (QED) is 0.0960. The van der Waals surface area contributed by atoms with Crippen molar-refractivity contribution in [2.24, 2.45) is 11.8 Å². The van der Waals surface area contributed by atoms with Crippen LogP contribution in [0.15, 0.2) is 57.5 Å². The van der Waals surface area contributed by atoms with Gasteiger partial charge < -0.3 is 31.9 Å². The van der Waals surface area contributed by atoms with Crippen LogP contribution in [0.25, 0.3) is 0 Å². The highest BCUT2D eigenvalue weighted by Gasteiger charge is 2.27. The van der Waals surface area contributed by atoms with Gasteiger partial charge in [-0.25, -0.2) is 9.59 Å². The molecule has 6 N–H and O–H groups in total. The van der Waals surface area contributed by atoms with Crippen molar-refractivity contribution in [2.75, 3.05) is 24.1 Å². The number of hydrogen-bond donors (Lipinski definition) is 6. The number of benzene rings is 2. The molecule has 0 fully saturated rings. The number of amides is 6.